The maximum atomic E-state index is 11.8. The van der Waals surface area contributed by atoms with Gasteiger partial charge in [-0.05, 0) is 26.4 Å². The molecule has 2 N–H and O–H groups in total. The Kier molecular flexibility index (Phi) is 6.75. The minimum absolute atomic E-state index is 0.0166. The van der Waals surface area contributed by atoms with Gasteiger partial charge in [-0.3, -0.25) is 9.69 Å². The van der Waals surface area contributed by atoms with E-state index in [1.165, 1.54) is 6.07 Å². The topological polar surface area (TPSA) is 65.7 Å². The van der Waals surface area contributed by atoms with Gasteiger partial charge in [0.2, 0.25) is 5.43 Å². The summed E-state index contributed by atoms with van der Waals surface area (Å²) in [7, 11) is 0. The molecule has 20 heavy (non-hydrogen) atoms. The predicted molar refractivity (Wildman–Crippen MR) is 80.0 cm³/mol. The summed E-state index contributed by atoms with van der Waals surface area (Å²) in [4.78, 5) is 14.0. The molecule has 0 amide bonds. The largest absolute Gasteiger partial charge is 0.503 e. The molecule has 0 aliphatic rings. The highest BCUT2D eigenvalue weighted by Gasteiger charge is 2.15. The molecule has 5 heteroatoms. The standard InChI is InChI=1S/C15H26N2O3/c1-4-6-7-16(5-2)11-13-15(20)14(19)10-12(3)17(13)8-9-18/h10,18,20H,4-9,11H2,1-3H3. The summed E-state index contributed by atoms with van der Waals surface area (Å²) in [5.74, 6) is -0.195. The minimum atomic E-state index is -0.349. The molecule has 114 valence electrons. The first-order valence-corrected chi connectivity index (χ1v) is 7.30. The summed E-state index contributed by atoms with van der Waals surface area (Å²) in [5.41, 5.74) is 1.02. The van der Waals surface area contributed by atoms with Crippen LogP contribution in [0.15, 0.2) is 10.9 Å². The van der Waals surface area contributed by atoms with Crippen molar-refractivity contribution >= 4 is 0 Å². The van der Waals surface area contributed by atoms with E-state index in [0.717, 1.165) is 31.6 Å². The van der Waals surface area contributed by atoms with Gasteiger partial charge < -0.3 is 14.8 Å². The predicted octanol–water partition coefficient (Wildman–Crippen LogP) is 1.48. The summed E-state index contributed by atoms with van der Waals surface area (Å²) in [6.07, 6.45) is 2.20. The van der Waals surface area contributed by atoms with Gasteiger partial charge in [0.1, 0.15) is 0 Å². The van der Waals surface area contributed by atoms with Crippen molar-refractivity contribution in [1.29, 1.82) is 0 Å². The zero-order valence-electron chi connectivity index (χ0n) is 12.7. The molecule has 0 aromatic carbocycles. The van der Waals surface area contributed by atoms with Crippen molar-refractivity contribution in [2.24, 2.45) is 0 Å². The number of rotatable bonds is 8. The number of hydrogen-bond acceptors (Lipinski definition) is 4. The third-order valence-corrected chi connectivity index (χ3v) is 3.57. The molecule has 5 nitrogen and oxygen atoms in total. The smallest absolute Gasteiger partial charge is 0.223 e. The van der Waals surface area contributed by atoms with Crippen LogP contribution in [0.1, 0.15) is 38.1 Å². The number of nitrogens with zero attached hydrogens (tertiary/aromatic N) is 2. The monoisotopic (exact) mass is 282 g/mol. The van der Waals surface area contributed by atoms with Crippen molar-refractivity contribution in [3.8, 4) is 5.75 Å². The Morgan fingerprint density at radius 1 is 1.35 bits per heavy atom. The average molecular weight is 282 g/mol. The highest BCUT2D eigenvalue weighted by molar-refractivity contribution is 5.29. The first kappa shape index (κ1) is 16.7. The van der Waals surface area contributed by atoms with Crippen LogP contribution in [-0.4, -0.2) is 39.4 Å². The van der Waals surface area contributed by atoms with Crippen LogP contribution in [0.2, 0.25) is 0 Å². The lowest BCUT2D eigenvalue weighted by Crippen LogP contribution is -2.28. The Hall–Kier alpha value is -1.33. The number of aliphatic hydroxyl groups is 1. The molecular weight excluding hydrogens is 256 g/mol. The number of pyridine rings is 1. The van der Waals surface area contributed by atoms with E-state index in [4.69, 9.17) is 5.11 Å². The van der Waals surface area contributed by atoms with Crippen LogP contribution in [-0.2, 0) is 13.1 Å². The zero-order valence-corrected chi connectivity index (χ0v) is 12.7. The van der Waals surface area contributed by atoms with E-state index in [1.54, 1.807) is 0 Å². The van der Waals surface area contributed by atoms with Crippen molar-refractivity contribution in [2.45, 2.75) is 46.7 Å². The Morgan fingerprint density at radius 3 is 2.60 bits per heavy atom. The molecule has 0 saturated heterocycles. The summed E-state index contributed by atoms with van der Waals surface area (Å²) in [5, 5.41) is 19.2. The van der Waals surface area contributed by atoms with E-state index in [0.29, 0.717) is 18.8 Å². The van der Waals surface area contributed by atoms with Crippen LogP contribution in [0.25, 0.3) is 0 Å². The fourth-order valence-electron chi connectivity index (χ4n) is 2.33. The molecule has 0 atom stereocenters. The lowest BCUT2D eigenvalue weighted by atomic mass is 10.2. The Labute approximate surface area is 120 Å². The van der Waals surface area contributed by atoms with Gasteiger partial charge >= 0.3 is 0 Å². The number of aromatic hydroxyl groups is 1. The van der Waals surface area contributed by atoms with E-state index >= 15 is 0 Å². The molecule has 1 heterocycles. The highest BCUT2D eigenvalue weighted by Crippen LogP contribution is 2.17. The molecule has 1 aromatic rings. The zero-order chi connectivity index (χ0) is 15.1. The Bertz CT molecular complexity index is 483. The van der Waals surface area contributed by atoms with Crippen molar-refractivity contribution < 1.29 is 10.2 Å². The minimum Gasteiger partial charge on any atom is -0.503 e. The van der Waals surface area contributed by atoms with E-state index in [1.807, 2.05) is 11.5 Å². The number of unbranched alkanes of at least 4 members (excludes halogenated alkanes) is 1. The SMILES string of the molecule is CCCCN(CC)Cc1c(O)c(=O)cc(C)n1CCO. The molecule has 1 rings (SSSR count). The molecule has 0 aliphatic carbocycles. The Balaban J connectivity index is 3.10. The van der Waals surface area contributed by atoms with Crippen molar-refractivity contribution in [2.75, 3.05) is 19.7 Å². The fraction of sp³-hybridized carbons (Fsp3) is 0.667. The van der Waals surface area contributed by atoms with Crippen molar-refractivity contribution in [3.05, 3.63) is 27.7 Å². The summed E-state index contributed by atoms with van der Waals surface area (Å²) in [6.45, 7) is 8.73. The summed E-state index contributed by atoms with van der Waals surface area (Å²) >= 11 is 0. The van der Waals surface area contributed by atoms with Crippen LogP contribution >= 0.6 is 0 Å². The first-order valence-electron chi connectivity index (χ1n) is 7.30. The van der Waals surface area contributed by atoms with E-state index in [9.17, 15) is 9.90 Å². The molecule has 0 spiro atoms. The van der Waals surface area contributed by atoms with Crippen LogP contribution < -0.4 is 5.43 Å². The fourth-order valence-corrected chi connectivity index (χ4v) is 2.33. The van der Waals surface area contributed by atoms with Gasteiger partial charge in [0.15, 0.2) is 5.75 Å². The molecule has 0 aliphatic heterocycles. The number of aryl methyl sites for hydroxylation is 1. The van der Waals surface area contributed by atoms with Crippen LogP contribution in [0.3, 0.4) is 0 Å². The van der Waals surface area contributed by atoms with Crippen LogP contribution in [0.4, 0.5) is 0 Å². The second kappa shape index (κ2) is 8.07. The normalized spacial score (nSPS) is 11.2. The third-order valence-electron chi connectivity index (χ3n) is 3.57. The van der Waals surface area contributed by atoms with Gasteiger partial charge in [0.25, 0.3) is 0 Å². The van der Waals surface area contributed by atoms with Gasteiger partial charge in [-0.2, -0.15) is 0 Å². The third kappa shape index (κ3) is 4.08. The van der Waals surface area contributed by atoms with Crippen molar-refractivity contribution in [1.82, 2.24) is 9.47 Å². The van der Waals surface area contributed by atoms with Gasteiger partial charge in [-0.15, -0.1) is 0 Å². The maximum absolute atomic E-state index is 11.8. The van der Waals surface area contributed by atoms with Crippen molar-refractivity contribution in [3.63, 3.8) is 0 Å². The number of hydrogen-bond donors (Lipinski definition) is 2. The quantitative estimate of drug-likeness (QED) is 0.758. The highest BCUT2D eigenvalue weighted by atomic mass is 16.3. The average Bonchev–Trinajstić information content (AvgIpc) is 2.43. The molecular formula is C15H26N2O3. The molecule has 0 unspecified atom stereocenters. The second-order valence-electron chi connectivity index (χ2n) is 5.04. The van der Waals surface area contributed by atoms with E-state index in [2.05, 4.69) is 18.7 Å². The van der Waals surface area contributed by atoms with Crippen LogP contribution in [0, 0.1) is 6.92 Å². The lowest BCUT2D eigenvalue weighted by Gasteiger charge is -2.24. The van der Waals surface area contributed by atoms with Crippen LogP contribution in [0.5, 0.6) is 5.75 Å². The lowest BCUT2D eigenvalue weighted by molar-refractivity contribution is 0.245. The first-order chi connectivity index (χ1) is 9.54. The maximum Gasteiger partial charge on any atom is 0.223 e. The molecule has 1 aromatic heterocycles. The van der Waals surface area contributed by atoms with Gasteiger partial charge in [-0.1, -0.05) is 20.3 Å². The number of aromatic nitrogens is 1. The van der Waals surface area contributed by atoms with Gasteiger partial charge in [-0.25, -0.2) is 0 Å². The molecule has 0 fully saturated rings. The number of aliphatic hydroxyl groups excluding tert-OH is 1. The van der Waals surface area contributed by atoms with E-state index < -0.39 is 0 Å². The molecule has 0 bridgehead atoms. The summed E-state index contributed by atoms with van der Waals surface area (Å²) < 4.78 is 1.82. The second-order valence-corrected chi connectivity index (χ2v) is 5.04. The molecule has 0 radical (unpaired) electrons. The van der Waals surface area contributed by atoms with E-state index in [-0.39, 0.29) is 17.8 Å². The Morgan fingerprint density at radius 2 is 2.05 bits per heavy atom. The molecule has 0 saturated carbocycles. The van der Waals surface area contributed by atoms with Gasteiger partial charge in [0, 0.05) is 24.8 Å². The van der Waals surface area contributed by atoms with Gasteiger partial charge in [0.05, 0.1) is 12.3 Å². The summed E-state index contributed by atoms with van der Waals surface area (Å²) in [6, 6.07) is 1.41.